The van der Waals surface area contributed by atoms with Gasteiger partial charge >= 0.3 is 0 Å². The van der Waals surface area contributed by atoms with Crippen LogP contribution in [-0.4, -0.2) is 24.7 Å². The van der Waals surface area contributed by atoms with Crippen molar-refractivity contribution in [3.8, 4) is 6.07 Å². The van der Waals surface area contributed by atoms with Crippen molar-refractivity contribution in [3.63, 3.8) is 0 Å². The molecular formula is C14H16N4O2S. The first kappa shape index (κ1) is 15.2. The van der Waals surface area contributed by atoms with E-state index in [-0.39, 0.29) is 4.90 Å². The van der Waals surface area contributed by atoms with Crippen LogP contribution >= 0.6 is 0 Å². The Hall–Kier alpha value is -2.17. The number of hydrogen-bond acceptors (Lipinski definition) is 4. The molecule has 21 heavy (non-hydrogen) atoms. The molecule has 0 saturated carbocycles. The lowest BCUT2D eigenvalue weighted by atomic mass is 10.2. The third-order valence-electron chi connectivity index (χ3n) is 3.02. The quantitative estimate of drug-likeness (QED) is 0.818. The smallest absolute Gasteiger partial charge is 0.240 e. The second-order valence-electron chi connectivity index (χ2n) is 4.61. The average Bonchev–Trinajstić information content (AvgIpc) is 2.97. The van der Waals surface area contributed by atoms with Gasteiger partial charge in [-0.05, 0) is 37.1 Å². The summed E-state index contributed by atoms with van der Waals surface area (Å²) in [5.41, 5.74) is 0.950. The molecule has 0 aliphatic carbocycles. The normalized spacial score (nSPS) is 11.2. The molecule has 0 radical (unpaired) electrons. The van der Waals surface area contributed by atoms with Crippen molar-refractivity contribution in [2.45, 2.75) is 24.8 Å². The summed E-state index contributed by atoms with van der Waals surface area (Å²) in [5.74, 6) is 0. The minimum Gasteiger partial charge on any atom is -0.273 e. The van der Waals surface area contributed by atoms with Gasteiger partial charge in [-0.2, -0.15) is 10.4 Å². The molecule has 6 nitrogen and oxygen atoms in total. The first-order valence-corrected chi connectivity index (χ1v) is 7.99. The fourth-order valence-corrected chi connectivity index (χ4v) is 3.26. The van der Waals surface area contributed by atoms with Crippen molar-refractivity contribution in [2.75, 3.05) is 6.54 Å². The van der Waals surface area contributed by atoms with Crippen molar-refractivity contribution in [3.05, 3.63) is 47.8 Å². The Balaban J connectivity index is 2.00. The van der Waals surface area contributed by atoms with Crippen LogP contribution in [0.5, 0.6) is 0 Å². The van der Waals surface area contributed by atoms with E-state index in [1.165, 1.54) is 6.07 Å². The Labute approximate surface area is 124 Å². The highest BCUT2D eigenvalue weighted by Crippen LogP contribution is 2.16. The van der Waals surface area contributed by atoms with Crippen molar-refractivity contribution in [1.82, 2.24) is 14.5 Å². The number of hydrogen-bond donors (Lipinski definition) is 1. The van der Waals surface area contributed by atoms with Crippen LogP contribution in [0.1, 0.15) is 17.5 Å². The van der Waals surface area contributed by atoms with E-state index < -0.39 is 10.0 Å². The lowest BCUT2D eigenvalue weighted by Gasteiger charge is -2.09. The van der Waals surface area contributed by atoms with Gasteiger partial charge < -0.3 is 0 Å². The van der Waals surface area contributed by atoms with Crippen LogP contribution in [0.15, 0.2) is 41.6 Å². The minimum atomic E-state index is -3.60. The summed E-state index contributed by atoms with van der Waals surface area (Å²) in [6.07, 6.45) is 4.15. The summed E-state index contributed by atoms with van der Waals surface area (Å²) in [6.45, 7) is 2.67. The summed E-state index contributed by atoms with van der Waals surface area (Å²) >= 11 is 0. The van der Waals surface area contributed by atoms with Gasteiger partial charge in [0.25, 0.3) is 0 Å². The van der Waals surface area contributed by atoms with E-state index in [1.807, 2.05) is 18.3 Å². The van der Waals surface area contributed by atoms with Crippen molar-refractivity contribution in [1.29, 1.82) is 5.26 Å². The van der Waals surface area contributed by atoms with E-state index in [0.29, 0.717) is 30.6 Å². The summed E-state index contributed by atoms with van der Waals surface area (Å²) in [6, 6.07) is 8.40. The van der Waals surface area contributed by atoms with Gasteiger partial charge in [-0.15, -0.1) is 0 Å². The number of aromatic nitrogens is 2. The summed E-state index contributed by atoms with van der Waals surface area (Å²) < 4.78 is 28.8. The van der Waals surface area contributed by atoms with E-state index in [0.717, 1.165) is 0 Å². The Kier molecular flexibility index (Phi) is 4.73. The van der Waals surface area contributed by atoms with Crippen LogP contribution in [0, 0.1) is 18.3 Å². The van der Waals surface area contributed by atoms with Crippen LogP contribution in [0.3, 0.4) is 0 Å². The maximum atomic E-state index is 12.2. The molecule has 0 spiro atoms. The molecular weight excluding hydrogens is 288 g/mol. The largest absolute Gasteiger partial charge is 0.273 e. The van der Waals surface area contributed by atoms with E-state index in [9.17, 15) is 8.42 Å². The molecule has 0 fully saturated rings. The zero-order valence-corrected chi connectivity index (χ0v) is 12.5. The van der Waals surface area contributed by atoms with Crippen molar-refractivity contribution in [2.24, 2.45) is 0 Å². The lowest BCUT2D eigenvalue weighted by Crippen LogP contribution is -2.26. The minimum absolute atomic E-state index is 0.153. The molecule has 7 heteroatoms. The molecule has 0 amide bonds. The molecule has 0 bridgehead atoms. The number of nitrogens with zero attached hydrogens (tertiary/aromatic N) is 3. The van der Waals surface area contributed by atoms with E-state index in [2.05, 4.69) is 9.82 Å². The van der Waals surface area contributed by atoms with Gasteiger partial charge in [-0.25, -0.2) is 13.1 Å². The van der Waals surface area contributed by atoms with Crippen molar-refractivity contribution >= 4 is 10.0 Å². The van der Waals surface area contributed by atoms with Crippen LogP contribution in [-0.2, 0) is 16.6 Å². The maximum absolute atomic E-state index is 12.2. The summed E-state index contributed by atoms with van der Waals surface area (Å²) in [5, 5.41) is 12.9. The molecule has 2 aromatic rings. The highest BCUT2D eigenvalue weighted by molar-refractivity contribution is 7.89. The third kappa shape index (κ3) is 3.90. The van der Waals surface area contributed by atoms with E-state index in [4.69, 9.17) is 5.26 Å². The van der Waals surface area contributed by atoms with E-state index in [1.54, 1.807) is 29.9 Å². The Morgan fingerprint density at radius 1 is 1.43 bits per heavy atom. The van der Waals surface area contributed by atoms with Crippen LogP contribution in [0.25, 0.3) is 0 Å². The molecule has 1 aromatic heterocycles. The van der Waals surface area contributed by atoms with E-state index >= 15 is 0 Å². The predicted octanol–water partition coefficient (Wildman–Crippen LogP) is 1.43. The zero-order valence-electron chi connectivity index (χ0n) is 11.7. The van der Waals surface area contributed by atoms with Gasteiger partial charge in [0, 0.05) is 25.5 Å². The van der Waals surface area contributed by atoms with Gasteiger partial charge in [-0.3, -0.25) is 4.68 Å². The number of nitriles is 1. The zero-order chi connectivity index (χ0) is 15.3. The SMILES string of the molecule is Cc1ccc(C#N)cc1S(=O)(=O)NCCCn1cccn1. The predicted molar refractivity (Wildman–Crippen MR) is 77.9 cm³/mol. The topological polar surface area (TPSA) is 87.8 Å². The average molecular weight is 304 g/mol. The molecule has 110 valence electrons. The number of aryl methyl sites for hydroxylation is 2. The number of nitrogens with one attached hydrogen (secondary N) is 1. The Bertz CT molecular complexity index is 746. The van der Waals surface area contributed by atoms with Crippen LogP contribution in [0.4, 0.5) is 0 Å². The standard InChI is InChI=1S/C14H16N4O2S/c1-12-4-5-13(11-15)10-14(12)21(19,20)17-7-3-9-18-8-2-6-16-18/h2,4-6,8,10,17H,3,7,9H2,1H3. The van der Waals surface area contributed by atoms with Gasteiger partial charge in [0.15, 0.2) is 0 Å². The second kappa shape index (κ2) is 6.52. The van der Waals surface area contributed by atoms with Gasteiger partial charge in [0.2, 0.25) is 10.0 Å². The molecule has 1 aromatic carbocycles. The molecule has 0 aliphatic heterocycles. The molecule has 0 unspecified atom stereocenters. The molecule has 0 atom stereocenters. The fraction of sp³-hybridized carbons (Fsp3) is 0.286. The second-order valence-corrected chi connectivity index (χ2v) is 6.35. The van der Waals surface area contributed by atoms with Crippen molar-refractivity contribution < 1.29 is 8.42 Å². The maximum Gasteiger partial charge on any atom is 0.240 e. The number of benzene rings is 1. The molecule has 0 saturated heterocycles. The van der Waals surface area contributed by atoms with Crippen LogP contribution < -0.4 is 4.72 Å². The Morgan fingerprint density at radius 3 is 2.90 bits per heavy atom. The number of rotatable bonds is 6. The molecule has 1 N–H and O–H groups in total. The summed E-state index contributed by atoms with van der Waals surface area (Å²) in [4.78, 5) is 0.153. The first-order chi connectivity index (χ1) is 10.0. The highest BCUT2D eigenvalue weighted by atomic mass is 32.2. The van der Waals surface area contributed by atoms with Gasteiger partial charge in [-0.1, -0.05) is 6.07 Å². The molecule has 0 aliphatic rings. The highest BCUT2D eigenvalue weighted by Gasteiger charge is 2.16. The first-order valence-electron chi connectivity index (χ1n) is 6.51. The molecule has 1 heterocycles. The van der Waals surface area contributed by atoms with Crippen LogP contribution in [0.2, 0.25) is 0 Å². The van der Waals surface area contributed by atoms with Gasteiger partial charge in [0.1, 0.15) is 0 Å². The monoisotopic (exact) mass is 304 g/mol. The van der Waals surface area contributed by atoms with Gasteiger partial charge in [0.05, 0.1) is 16.5 Å². The third-order valence-corrected chi connectivity index (χ3v) is 4.63. The summed E-state index contributed by atoms with van der Waals surface area (Å²) in [7, 11) is -3.60. The Morgan fingerprint density at radius 2 is 2.24 bits per heavy atom. The number of sulfonamides is 1. The lowest BCUT2D eigenvalue weighted by molar-refractivity contribution is 0.552. The molecule has 2 rings (SSSR count). The fourth-order valence-electron chi connectivity index (χ4n) is 1.92.